The first-order chi connectivity index (χ1) is 19.2. The number of aromatic nitrogens is 6. The first-order valence-electron chi connectivity index (χ1n) is 12.1. The summed E-state index contributed by atoms with van der Waals surface area (Å²) in [6.45, 7) is 0.503. The summed E-state index contributed by atoms with van der Waals surface area (Å²) < 4.78 is 12.7. The lowest BCUT2D eigenvalue weighted by Gasteiger charge is -2.10. The van der Waals surface area contributed by atoms with Gasteiger partial charge in [0.05, 0.1) is 11.7 Å². The van der Waals surface area contributed by atoms with Crippen LogP contribution in [0, 0.1) is 0 Å². The number of anilines is 1. The second kappa shape index (κ2) is 10.4. The maximum absolute atomic E-state index is 12.7. The Balaban J connectivity index is 1.26. The van der Waals surface area contributed by atoms with E-state index < -0.39 is 0 Å². The van der Waals surface area contributed by atoms with Gasteiger partial charge in [-0.1, -0.05) is 24.3 Å². The minimum Gasteiger partial charge on any atom is -0.439 e. The highest BCUT2D eigenvalue weighted by atomic mass is 16.6. The second-order valence-corrected chi connectivity index (χ2v) is 8.61. The molecule has 4 heterocycles. The van der Waals surface area contributed by atoms with Crippen LogP contribution >= 0.6 is 0 Å². The molecular formula is C28H22N8O3. The van der Waals surface area contributed by atoms with Crippen LogP contribution in [0.1, 0.15) is 15.9 Å². The third-order valence-electron chi connectivity index (χ3n) is 6.02. The van der Waals surface area contributed by atoms with Gasteiger partial charge in [0.25, 0.3) is 5.91 Å². The Labute approximate surface area is 222 Å². The average Bonchev–Trinajstić information content (AvgIpc) is 3.57. The van der Waals surface area contributed by atoms with Crippen LogP contribution in [0.3, 0.4) is 0 Å². The topological polar surface area (TPSA) is 147 Å². The molecule has 0 aliphatic rings. The van der Waals surface area contributed by atoms with Gasteiger partial charge in [-0.05, 0) is 64.8 Å². The minimum atomic E-state index is -0.191. The molecule has 0 aliphatic carbocycles. The van der Waals surface area contributed by atoms with Crippen molar-refractivity contribution in [3.63, 3.8) is 0 Å². The molecule has 2 aromatic carbocycles. The molecule has 0 aliphatic heterocycles. The molecule has 4 aromatic heterocycles. The zero-order valence-corrected chi connectivity index (χ0v) is 20.6. The van der Waals surface area contributed by atoms with Crippen molar-refractivity contribution in [2.24, 2.45) is 0 Å². The predicted molar refractivity (Wildman–Crippen MR) is 143 cm³/mol. The number of nitrogen functional groups attached to an aromatic ring is 1. The normalized spacial score (nSPS) is 11.0. The average molecular weight is 519 g/mol. The Morgan fingerprint density at radius 3 is 2.64 bits per heavy atom. The van der Waals surface area contributed by atoms with Crippen molar-refractivity contribution in [3.05, 3.63) is 103 Å². The van der Waals surface area contributed by atoms with Crippen molar-refractivity contribution < 1.29 is 14.2 Å². The molecule has 3 N–H and O–H groups in total. The lowest BCUT2D eigenvalue weighted by molar-refractivity contribution is 0.0954. The monoisotopic (exact) mass is 518 g/mol. The van der Waals surface area contributed by atoms with Crippen LogP contribution in [0.15, 0.2) is 96.0 Å². The molecule has 0 saturated carbocycles. The number of benzene rings is 2. The Morgan fingerprint density at radius 2 is 1.85 bits per heavy atom. The van der Waals surface area contributed by atoms with Crippen LogP contribution in [0.2, 0.25) is 0 Å². The van der Waals surface area contributed by atoms with Gasteiger partial charge in [-0.3, -0.25) is 14.3 Å². The van der Waals surface area contributed by atoms with E-state index >= 15 is 0 Å². The molecular weight excluding hydrogens is 496 g/mol. The van der Waals surface area contributed by atoms with Crippen molar-refractivity contribution in [1.82, 2.24) is 35.1 Å². The number of ether oxygens (including phenoxy) is 1. The number of nitrogens with two attached hydrogens (primary N) is 1. The van der Waals surface area contributed by atoms with E-state index in [1.165, 1.54) is 0 Å². The van der Waals surface area contributed by atoms with Gasteiger partial charge in [0.2, 0.25) is 5.88 Å². The van der Waals surface area contributed by atoms with Gasteiger partial charge >= 0.3 is 0 Å². The Bertz CT molecular complexity index is 1750. The van der Waals surface area contributed by atoms with E-state index in [-0.39, 0.29) is 11.7 Å². The van der Waals surface area contributed by atoms with Crippen molar-refractivity contribution >= 4 is 22.8 Å². The van der Waals surface area contributed by atoms with E-state index in [0.717, 1.165) is 11.3 Å². The Hall–Kier alpha value is -5.58. The summed E-state index contributed by atoms with van der Waals surface area (Å²) >= 11 is 0. The zero-order chi connectivity index (χ0) is 26.6. The van der Waals surface area contributed by atoms with E-state index in [9.17, 15) is 4.79 Å². The number of amides is 1. The summed E-state index contributed by atoms with van der Waals surface area (Å²) in [4.78, 5) is 25.8. The van der Waals surface area contributed by atoms with Gasteiger partial charge in [-0.2, -0.15) is 0 Å². The molecule has 0 unspecified atom stereocenters. The van der Waals surface area contributed by atoms with E-state index in [1.807, 2.05) is 47.0 Å². The fraction of sp³-hybridized carbons (Fsp3) is 0.0714. The molecule has 39 heavy (non-hydrogen) atoms. The van der Waals surface area contributed by atoms with Gasteiger partial charge in [0.15, 0.2) is 17.3 Å². The van der Waals surface area contributed by atoms with Crippen LogP contribution in [0.25, 0.3) is 28.2 Å². The number of imidazole rings is 1. The molecule has 0 saturated heterocycles. The van der Waals surface area contributed by atoms with Crippen molar-refractivity contribution in [2.75, 3.05) is 12.3 Å². The molecule has 0 atom stereocenters. The van der Waals surface area contributed by atoms with Crippen LogP contribution < -0.4 is 15.8 Å². The third-order valence-corrected chi connectivity index (χ3v) is 6.02. The SMILES string of the molecule is Nc1nonc1-c1nc2cnc(Oc3cccc(C(=O)NCCc4ccncc4)c3)cc2n1-c1ccccc1. The molecule has 192 valence electrons. The van der Waals surface area contributed by atoms with Crippen LogP contribution in [0.4, 0.5) is 5.82 Å². The number of carbonyl (C=O) groups is 1. The highest BCUT2D eigenvalue weighted by Crippen LogP contribution is 2.32. The van der Waals surface area contributed by atoms with Crippen molar-refractivity contribution in [2.45, 2.75) is 6.42 Å². The van der Waals surface area contributed by atoms with E-state index in [1.54, 1.807) is 48.9 Å². The van der Waals surface area contributed by atoms with E-state index in [2.05, 4.69) is 30.6 Å². The Kier molecular flexibility index (Phi) is 6.36. The summed E-state index contributed by atoms with van der Waals surface area (Å²) in [5.41, 5.74) is 10.0. The molecule has 0 spiro atoms. The summed E-state index contributed by atoms with van der Waals surface area (Å²) in [5, 5.41) is 10.6. The maximum Gasteiger partial charge on any atom is 0.251 e. The summed E-state index contributed by atoms with van der Waals surface area (Å²) in [6, 6.07) is 22.2. The fourth-order valence-electron chi connectivity index (χ4n) is 4.16. The quantitative estimate of drug-likeness (QED) is 0.302. The molecule has 11 nitrogen and oxygen atoms in total. The highest BCUT2D eigenvalue weighted by molar-refractivity contribution is 5.94. The Morgan fingerprint density at radius 1 is 1.00 bits per heavy atom. The fourth-order valence-corrected chi connectivity index (χ4v) is 4.16. The summed E-state index contributed by atoms with van der Waals surface area (Å²) in [5.74, 6) is 1.19. The molecule has 0 fully saturated rings. The molecule has 6 aromatic rings. The standard InChI is InChI=1S/C28H22N8O3/c29-26-25(34-39-35-26)27-33-22-17-32-24(16-23(22)36(27)20-6-2-1-3-7-20)38-21-8-4-5-19(15-21)28(37)31-14-11-18-9-12-30-13-10-18/h1-10,12-13,15-17H,11,14H2,(H2,29,35)(H,31,37). The number of nitrogens with one attached hydrogen (secondary N) is 1. The first kappa shape index (κ1) is 23.8. The second-order valence-electron chi connectivity index (χ2n) is 8.61. The van der Waals surface area contributed by atoms with Crippen LogP contribution in [-0.4, -0.2) is 42.3 Å². The minimum absolute atomic E-state index is 0.128. The van der Waals surface area contributed by atoms with E-state index in [4.69, 9.17) is 15.1 Å². The van der Waals surface area contributed by atoms with Crippen LogP contribution in [0.5, 0.6) is 11.6 Å². The number of hydrogen-bond donors (Lipinski definition) is 2. The smallest absolute Gasteiger partial charge is 0.251 e. The molecule has 11 heteroatoms. The number of para-hydroxylation sites is 1. The maximum atomic E-state index is 12.7. The number of fused-ring (bicyclic) bond motifs is 1. The third kappa shape index (κ3) is 5.01. The number of rotatable bonds is 8. The number of carbonyl (C=O) groups excluding carboxylic acids is 1. The highest BCUT2D eigenvalue weighted by Gasteiger charge is 2.21. The predicted octanol–water partition coefficient (Wildman–Crippen LogP) is 4.21. The number of nitrogens with zero attached hydrogens (tertiary/aromatic N) is 6. The molecule has 6 rings (SSSR count). The van der Waals surface area contributed by atoms with Crippen molar-refractivity contribution in [1.29, 1.82) is 0 Å². The van der Waals surface area contributed by atoms with Gasteiger partial charge < -0.3 is 15.8 Å². The molecule has 0 radical (unpaired) electrons. The molecule has 1 amide bonds. The lowest BCUT2D eigenvalue weighted by Crippen LogP contribution is -2.25. The van der Waals surface area contributed by atoms with Gasteiger partial charge in [-0.15, -0.1) is 0 Å². The largest absolute Gasteiger partial charge is 0.439 e. The summed E-state index contributed by atoms with van der Waals surface area (Å²) in [6.07, 6.45) is 5.78. The first-order valence-corrected chi connectivity index (χ1v) is 12.1. The zero-order valence-electron chi connectivity index (χ0n) is 20.6. The van der Waals surface area contributed by atoms with Gasteiger partial charge in [-0.25, -0.2) is 14.6 Å². The summed E-state index contributed by atoms with van der Waals surface area (Å²) in [7, 11) is 0. The van der Waals surface area contributed by atoms with E-state index in [0.29, 0.717) is 52.7 Å². The number of hydrogen-bond acceptors (Lipinski definition) is 9. The van der Waals surface area contributed by atoms with Crippen molar-refractivity contribution in [3.8, 4) is 28.8 Å². The molecule has 0 bridgehead atoms. The van der Waals surface area contributed by atoms with Gasteiger partial charge in [0, 0.05) is 36.3 Å². The van der Waals surface area contributed by atoms with Crippen LogP contribution in [-0.2, 0) is 6.42 Å². The number of pyridine rings is 2. The lowest BCUT2D eigenvalue weighted by atomic mass is 10.2. The van der Waals surface area contributed by atoms with Gasteiger partial charge in [0.1, 0.15) is 11.3 Å².